The van der Waals surface area contributed by atoms with Gasteiger partial charge < -0.3 is 10.1 Å². The maximum Gasteiger partial charge on any atom is 0.268 e. The molecule has 0 bridgehead atoms. The Morgan fingerprint density at radius 3 is 2.42 bits per heavy atom. The van der Waals surface area contributed by atoms with Crippen LogP contribution in [0.5, 0.6) is 11.5 Å². The largest absolute Gasteiger partial charge is 0.454 e. The van der Waals surface area contributed by atoms with Crippen LogP contribution in [0, 0.1) is 18.6 Å². The number of carbonyl (C=O) groups is 1. The Morgan fingerprint density at radius 2 is 1.72 bits per heavy atom. The summed E-state index contributed by atoms with van der Waals surface area (Å²) in [4.78, 5) is 26.2. The third-order valence-electron chi connectivity index (χ3n) is 6.67. The van der Waals surface area contributed by atoms with Crippen LogP contribution in [0.15, 0.2) is 90.1 Å². The number of anilines is 1. The minimum absolute atomic E-state index is 0. The summed E-state index contributed by atoms with van der Waals surface area (Å²) in [5.41, 5.74) is 2.65. The van der Waals surface area contributed by atoms with Crippen molar-refractivity contribution < 1.29 is 18.3 Å². The van der Waals surface area contributed by atoms with Gasteiger partial charge in [0.1, 0.15) is 17.1 Å². The van der Waals surface area contributed by atoms with Crippen molar-refractivity contribution in [3.05, 3.63) is 119 Å². The van der Waals surface area contributed by atoms with E-state index >= 15 is 4.39 Å². The molecular weight excluding hydrogens is 601 g/mol. The van der Waals surface area contributed by atoms with Gasteiger partial charge in [0, 0.05) is 52.9 Å². The number of hydrogen-bond acceptors (Lipinski definition) is 5. The van der Waals surface area contributed by atoms with E-state index in [9.17, 15) is 14.0 Å². The molecular formula is C30H24Cl2F2N6O3. The second kappa shape index (κ2) is 12.5. The number of fused-ring (bicyclic) bond motifs is 1. The molecule has 0 saturated heterocycles. The summed E-state index contributed by atoms with van der Waals surface area (Å²) in [6, 6.07) is 16.0. The lowest BCUT2D eigenvalue weighted by atomic mass is 10.1. The van der Waals surface area contributed by atoms with Crippen molar-refractivity contribution >= 4 is 47.3 Å². The molecule has 13 heteroatoms. The first-order valence-electron chi connectivity index (χ1n) is 12.5. The Kier molecular flexibility index (Phi) is 8.98. The van der Waals surface area contributed by atoms with E-state index in [1.807, 2.05) is 13.1 Å². The molecule has 220 valence electrons. The van der Waals surface area contributed by atoms with E-state index in [-0.39, 0.29) is 41.8 Å². The lowest BCUT2D eigenvalue weighted by Gasteiger charge is -2.14. The van der Waals surface area contributed by atoms with Gasteiger partial charge in [-0.05, 0) is 67.6 Å². The van der Waals surface area contributed by atoms with E-state index in [2.05, 4.69) is 20.6 Å². The molecule has 6 rings (SSSR count). The van der Waals surface area contributed by atoms with Crippen molar-refractivity contribution in [2.75, 3.05) is 5.32 Å². The first kappa shape index (κ1) is 30.9. The number of aryl methyl sites for hydroxylation is 2. The zero-order chi connectivity index (χ0) is 28.7. The van der Waals surface area contributed by atoms with Crippen LogP contribution in [-0.2, 0) is 7.05 Å². The molecule has 43 heavy (non-hydrogen) atoms. The van der Waals surface area contributed by atoms with Crippen molar-refractivity contribution in [3.8, 4) is 28.3 Å². The number of H-pyrrole nitrogens is 1. The Balaban J connectivity index is 0.00000212. The molecule has 0 aliphatic heterocycles. The second-order valence-corrected chi connectivity index (χ2v) is 9.37. The molecule has 0 atom stereocenters. The quantitative estimate of drug-likeness (QED) is 0.217. The number of amides is 1. The van der Waals surface area contributed by atoms with Gasteiger partial charge in [-0.25, -0.2) is 8.78 Å². The first-order chi connectivity index (χ1) is 19.8. The van der Waals surface area contributed by atoms with E-state index in [0.717, 1.165) is 22.5 Å². The smallest absolute Gasteiger partial charge is 0.268 e. The van der Waals surface area contributed by atoms with E-state index in [1.165, 1.54) is 47.0 Å². The van der Waals surface area contributed by atoms with Crippen LogP contribution in [0.2, 0.25) is 0 Å². The average molecular weight is 625 g/mol. The molecule has 3 heterocycles. The molecule has 9 nitrogen and oxygen atoms in total. The molecule has 1 amide bonds. The Hall–Kier alpha value is -5.00. The zero-order valence-electron chi connectivity index (χ0n) is 22.7. The summed E-state index contributed by atoms with van der Waals surface area (Å²) >= 11 is 0. The number of carbonyl (C=O) groups excluding carboxylic acids is 1. The summed E-state index contributed by atoms with van der Waals surface area (Å²) in [5, 5.41) is 14.4. The Bertz CT molecular complexity index is 1990. The molecule has 0 aliphatic carbocycles. The van der Waals surface area contributed by atoms with Gasteiger partial charge in [-0.1, -0.05) is 0 Å². The monoisotopic (exact) mass is 624 g/mol. The van der Waals surface area contributed by atoms with Crippen molar-refractivity contribution in [1.29, 1.82) is 0 Å². The normalized spacial score (nSPS) is 10.6. The summed E-state index contributed by atoms with van der Waals surface area (Å²) in [6.07, 6.45) is 5.02. The maximum atomic E-state index is 15.2. The third kappa shape index (κ3) is 5.99. The van der Waals surface area contributed by atoms with Gasteiger partial charge in [0.15, 0.2) is 11.6 Å². The molecule has 0 spiro atoms. The topological polar surface area (TPSA) is 107 Å². The van der Waals surface area contributed by atoms with Crippen LogP contribution in [0.3, 0.4) is 0 Å². The van der Waals surface area contributed by atoms with E-state index in [1.54, 1.807) is 42.3 Å². The van der Waals surface area contributed by atoms with Crippen LogP contribution in [0.1, 0.15) is 16.1 Å². The van der Waals surface area contributed by atoms with Crippen LogP contribution in [0.25, 0.3) is 27.7 Å². The summed E-state index contributed by atoms with van der Waals surface area (Å²) in [6.45, 7) is 1.70. The lowest BCUT2D eigenvalue weighted by molar-refractivity contribution is 0.102. The standard InChI is InChI=1S/C30H22F2N6O3.2ClH/c1-17-3-9-23(30(40)38(17)22-7-4-20(31)5-8-22)29(39)36-21-6-10-27(25(32)12-21)41-28-11-18-16-35-37(2)26(18)13-24(28)19-14-33-34-15-19;;/h3-16H,1-2H3,(H,33,34)(H,36,39);2*1H. The van der Waals surface area contributed by atoms with Gasteiger partial charge >= 0.3 is 0 Å². The minimum Gasteiger partial charge on any atom is -0.454 e. The fourth-order valence-corrected chi connectivity index (χ4v) is 4.58. The molecule has 3 aromatic heterocycles. The van der Waals surface area contributed by atoms with Crippen LogP contribution >= 0.6 is 24.8 Å². The number of benzene rings is 3. The van der Waals surface area contributed by atoms with Gasteiger partial charge in [0.25, 0.3) is 11.5 Å². The number of aromatic amines is 1. The summed E-state index contributed by atoms with van der Waals surface area (Å²) < 4.78 is 37.6. The number of hydrogen-bond donors (Lipinski definition) is 2. The van der Waals surface area contributed by atoms with Gasteiger partial charge in [-0.2, -0.15) is 10.2 Å². The number of halogens is 4. The molecule has 0 saturated carbocycles. The number of nitrogens with one attached hydrogen (secondary N) is 2. The highest BCUT2D eigenvalue weighted by atomic mass is 35.5. The van der Waals surface area contributed by atoms with Crippen molar-refractivity contribution in [2.24, 2.45) is 7.05 Å². The molecule has 2 N–H and O–H groups in total. The summed E-state index contributed by atoms with van der Waals surface area (Å²) in [7, 11) is 1.82. The Morgan fingerprint density at radius 1 is 0.953 bits per heavy atom. The fourth-order valence-electron chi connectivity index (χ4n) is 4.58. The molecule has 0 radical (unpaired) electrons. The summed E-state index contributed by atoms with van der Waals surface area (Å²) in [5.74, 6) is -1.56. The van der Waals surface area contributed by atoms with E-state index < -0.39 is 23.1 Å². The first-order valence-corrected chi connectivity index (χ1v) is 12.5. The van der Waals surface area contributed by atoms with Crippen molar-refractivity contribution in [2.45, 2.75) is 6.92 Å². The predicted octanol–water partition coefficient (Wildman–Crippen LogP) is 6.59. The average Bonchev–Trinajstić information content (AvgIpc) is 3.61. The molecule has 0 fully saturated rings. The van der Waals surface area contributed by atoms with Crippen molar-refractivity contribution in [1.82, 2.24) is 24.5 Å². The lowest BCUT2D eigenvalue weighted by Crippen LogP contribution is -2.29. The van der Waals surface area contributed by atoms with Gasteiger partial charge in [0.05, 0.1) is 17.9 Å². The number of ether oxygens (including phenoxy) is 1. The van der Waals surface area contributed by atoms with Crippen LogP contribution in [0.4, 0.5) is 14.5 Å². The van der Waals surface area contributed by atoms with Crippen LogP contribution in [-0.4, -0.2) is 30.5 Å². The highest BCUT2D eigenvalue weighted by Crippen LogP contribution is 2.37. The van der Waals surface area contributed by atoms with E-state index in [0.29, 0.717) is 22.7 Å². The molecule has 0 aliphatic rings. The molecule has 3 aromatic carbocycles. The van der Waals surface area contributed by atoms with Gasteiger partial charge in [-0.3, -0.25) is 23.9 Å². The molecule has 0 unspecified atom stereocenters. The number of pyridine rings is 1. The van der Waals surface area contributed by atoms with Gasteiger partial charge in [-0.15, -0.1) is 24.8 Å². The Labute approximate surface area is 255 Å². The van der Waals surface area contributed by atoms with Gasteiger partial charge in [0.2, 0.25) is 0 Å². The predicted molar refractivity (Wildman–Crippen MR) is 164 cm³/mol. The molecule has 6 aromatic rings. The van der Waals surface area contributed by atoms with E-state index in [4.69, 9.17) is 4.74 Å². The number of aromatic nitrogens is 5. The van der Waals surface area contributed by atoms with Crippen LogP contribution < -0.4 is 15.6 Å². The fraction of sp³-hybridized carbons (Fsp3) is 0.0667. The highest BCUT2D eigenvalue weighted by molar-refractivity contribution is 6.04. The third-order valence-corrected chi connectivity index (χ3v) is 6.67. The number of rotatable bonds is 6. The highest BCUT2D eigenvalue weighted by Gasteiger charge is 2.18. The maximum absolute atomic E-state index is 15.2. The SMILES string of the molecule is Cc1ccc(C(=O)Nc2ccc(Oc3cc4cnn(C)c4cc3-c3cn[nH]c3)c(F)c2)c(=O)n1-c1ccc(F)cc1.Cl.Cl. The number of nitrogens with zero attached hydrogens (tertiary/aromatic N) is 4. The zero-order valence-corrected chi connectivity index (χ0v) is 24.3. The van der Waals surface area contributed by atoms with Crippen molar-refractivity contribution in [3.63, 3.8) is 0 Å². The second-order valence-electron chi connectivity index (χ2n) is 9.37. The minimum atomic E-state index is -0.722.